The number of amides is 2. The highest BCUT2D eigenvalue weighted by Gasteiger charge is 2.17. The van der Waals surface area contributed by atoms with E-state index in [-0.39, 0.29) is 37.4 Å². The van der Waals surface area contributed by atoms with Gasteiger partial charge in [0.2, 0.25) is 11.8 Å². The molecule has 4 aromatic rings. The van der Waals surface area contributed by atoms with Crippen molar-refractivity contribution in [3.05, 3.63) is 110 Å². The number of para-hydroxylation sites is 1. The lowest BCUT2D eigenvalue weighted by Crippen LogP contribution is -2.41. The third kappa shape index (κ3) is 6.16. The zero-order valence-electron chi connectivity index (χ0n) is 20.5. The predicted octanol–water partition coefficient (Wildman–Crippen LogP) is 3.19. The highest BCUT2D eigenvalue weighted by Crippen LogP contribution is 2.12. The maximum Gasteiger partial charge on any atom is 0.336 e. The lowest BCUT2D eigenvalue weighted by Gasteiger charge is -2.15. The first-order chi connectivity index (χ1) is 17.7. The summed E-state index contributed by atoms with van der Waals surface area (Å²) in [4.78, 5) is 51.6. The summed E-state index contributed by atoms with van der Waals surface area (Å²) in [5, 5.41) is 6.55. The second-order valence-corrected chi connectivity index (χ2v) is 9.43. The maximum atomic E-state index is 13.5. The molecule has 0 saturated heterocycles. The summed E-state index contributed by atoms with van der Waals surface area (Å²) < 4.78 is 2.34. The number of rotatable bonds is 8. The molecule has 0 aliphatic heterocycles. The van der Waals surface area contributed by atoms with Crippen LogP contribution in [-0.4, -0.2) is 27.0 Å². The van der Waals surface area contributed by atoms with Crippen LogP contribution in [0.5, 0.6) is 0 Å². The highest BCUT2D eigenvalue weighted by atomic mass is 35.5. The molecule has 0 fully saturated rings. The van der Waals surface area contributed by atoms with Gasteiger partial charge in [-0.2, -0.15) is 0 Å². The lowest BCUT2D eigenvalue weighted by molar-refractivity contribution is -0.122. The molecule has 0 aliphatic rings. The van der Waals surface area contributed by atoms with Gasteiger partial charge in [-0.05, 0) is 61.4 Å². The third-order valence-electron chi connectivity index (χ3n) is 5.76. The van der Waals surface area contributed by atoms with Crippen molar-refractivity contribution in [2.45, 2.75) is 39.4 Å². The molecule has 1 aromatic heterocycles. The van der Waals surface area contributed by atoms with E-state index in [0.717, 1.165) is 15.7 Å². The lowest BCUT2D eigenvalue weighted by atomic mass is 10.1. The smallest absolute Gasteiger partial charge is 0.336 e. The predicted molar refractivity (Wildman–Crippen MR) is 144 cm³/mol. The summed E-state index contributed by atoms with van der Waals surface area (Å²) in [6, 6.07) is 20.5. The maximum absolute atomic E-state index is 13.5. The van der Waals surface area contributed by atoms with Crippen LogP contribution in [0.3, 0.4) is 0 Å². The summed E-state index contributed by atoms with van der Waals surface area (Å²) in [6.07, 6.45) is 0.184. The number of carbonyl (C=O) groups is 2. The normalized spacial score (nSPS) is 11.0. The Balaban J connectivity index is 1.64. The number of hydrogen-bond donors (Lipinski definition) is 2. The molecule has 37 heavy (non-hydrogen) atoms. The monoisotopic (exact) mass is 518 g/mol. The molecule has 2 N–H and O–H groups in total. The molecule has 0 unspecified atom stereocenters. The van der Waals surface area contributed by atoms with Crippen LogP contribution in [0.15, 0.2) is 82.4 Å². The topological polar surface area (TPSA) is 102 Å². The van der Waals surface area contributed by atoms with Gasteiger partial charge >= 0.3 is 5.69 Å². The van der Waals surface area contributed by atoms with E-state index in [1.165, 1.54) is 4.57 Å². The molecule has 1 heterocycles. The van der Waals surface area contributed by atoms with Gasteiger partial charge in [-0.25, -0.2) is 9.36 Å². The number of benzene rings is 3. The standard InChI is InChI=1S/C28H27ClN4O4/c1-18(2)31-25(34)15-19-9-13-22(14-10-19)33-27(36)23-5-3-4-6-24(23)32(28(33)37)17-26(35)30-16-20-7-11-21(29)12-8-20/h3-14,18H,15-17H2,1-2H3,(H,30,35)(H,31,34). The van der Waals surface area contributed by atoms with Crippen LogP contribution in [-0.2, 0) is 29.1 Å². The van der Waals surface area contributed by atoms with Crippen LogP contribution < -0.4 is 21.9 Å². The molecule has 0 bridgehead atoms. The van der Waals surface area contributed by atoms with Crippen LogP contribution in [0.2, 0.25) is 5.02 Å². The van der Waals surface area contributed by atoms with E-state index in [0.29, 0.717) is 21.6 Å². The Hall–Kier alpha value is -4.17. The van der Waals surface area contributed by atoms with Crippen molar-refractivity contribution >= 4 is 34.3 Å². The van der Waals surface area contributed by atoms with Crippen LogP contribution in [0.25, 0.3) is 16.6 Å². The van der Waals surface area contributed by atoms with E-state index in [2.05, 4.69) is 10.6 Å². The minimum absolute atomic E-state index is 0.0322. The molecule has 190 valence electrons. The largest absolute Gasteiger partial charge is 0.354 e. The Bertz CT molecular complexity index is 1550. The van der Waals surface area contributed by atoms with E-state index in [4.69, 9.17) is 11.6 Å². The van der Waals surface area contributed by atoms with Gasteiger partial charge in [-0.15, -0.1) is 0 Å². The molecule has 3 aromatic carbocycles. The first-order valence-corrected chi connectivity index (χ1v) is 12.2. The molecule has 2 amide bonds. The van der Waals surface area contributed by atoms with Gasteiger partial charge < -0.3 is 10.6 Å². The molecule has 0 saturated carbocycles. The van der Waals surface area contributed by atoms with Gasteiger partial charge in [0, 0.05) is 17.6 Å². The molecule has 0 atom stereocenters. The Morgan fingerprint density at radius 2 is 1.51 bits per heavy atom. The van der Waals surface area contributed by atoms with Crippen LogP contribution >= 0.6 is 11.6 Å². The fourth-order valence-electron chi connectivity index (χ4n) is 4.03. The van der Waals surface area contributed by atoms with Gasteiger partial charge in [-0.1, -0.05) is 48.0 Å². The van der Waals surface area contributed by atoms with Gasteiger partial charge in [-0.3, -0.25) is 19.0 Å². The summed E-state index contributed by atoms with van der Waals surface area (Å²) in [5.41, 5.74) is 1.22. The van der Waals surface area contributed by atoms with Crippen molar-refractivity contribution in [2.24, 2.45) is 0 Å². The van der Waals surface area contributed by atoms with Crippen molar-refractivity contribution in [1.29, 1.82) is 0 Å². The highest BCUT2D eigenvalue weighted by molar-refractivity contribution is 6.30. The van der Waals surface area contributed by atoms with E-state index in [1.54, 1.807) is 72.8 Å². The van der Waals surface area contributed by atoms with E-state index in [1.807, 2.05) is 13.8 Å². The van der Waals surface area contributed by atoms with Gasteiger partial charge in [0.25, 0.3) is 5.56 Å². The fraction of sp³-hybridized carbons (Fsp3) is 0.214. The van der Waals surface area contributed by atoms with Crippen molar-refractivity contribution in [3.63, 3.8) is 0 Å². The zero-order chi connectivity index (χ0) is 26.5. The van der Waals surface area contributed by atoms with Gasteiger partial charge in [0.05, 0.1) is 23.0 Å². The summed E-state index contributed by atoms with van der Waals surface area (Å²) in [7, 11) is 0. The second-order valence-electron chi connectivity index (χ2n) is 9.00. The molecule has 0 radical (unpaired) electrons. The Morgan fingerprint density at radius 1 is 0.865 bits per heavy atom. The number of nitrogens with zero attached hydrogens (tertiary/aromatic N) is 2. The third-order valence-corrected chi connectivity index (χ3v) is 6.02. The quantitative estimate of drug-likeness (QED) is 0.374. The zero-order valence-corrected chi connectivity index (χ0v) is 21.3. The SMILES string of the molecule is CC(C)NC(=O)Cc1ccc(-n2c(=O)c3ccccc3n(CC(=O)NCc3ccc(Cl)cc3)c2=O)cc1. The minimum Gasteiger partial charge on any atom is -0.354 e. The second kappa shape index (κ2) is 11.3. The van der Waals surface area contributed by atoms with E-state index >= 15 is 0 Å². The molecule has 0 aliphatic carbocycles. The molecule has 0 spiro atoms. The molecule has 8 nitrogen and oxygen atoms in total. The molecule has 9 heteroatoms. The summed E-state index contributed by atoms with van der Waals surface area (Å²) in [6.45, 7) is 3.78. The Labute approximate surface area is 218 Å². The van der Waals surface area contributed by atoms with E-state index < -0.39 is 11.2 Å². The first-order valence-electron chi connectivity index (χ1n) is 11.9. The van der Waals surface area contributed by atoms with Crippen molar-refractivity contribution in [2.75, 3.05) is 0 Å². The van der Waals surface area contributed by atoms with Gasteiger partial charge in [0.1, 0.15) is 6.54 Å². The number of carbonyl (C=O) groups excluding carboxylic acids is 2. The van der Waals surface area contributed by atoms with E-state index in [9.17, 15) is 19.2 Å². The number of nitrogens with one attached hydrogen (secondary N) is 2. The Kier molecular flexibility index (Phi) is 7.89. The first kappa shape index (κ1) is 25.9. The number of fused-ring (bicyclic) bond motifs is 1. The fourth-order valence-corrected chi connectivity index (χ4v) is 4.15. The summed E-state index contributed by atoms with van der Waals surface area (Å²) in [5.74, 6) is -0.489. The average Bonchev–Trinajstić information content (AvgIpc) is 2.87. The van der Waals surface area contributed by atoms with Crippen molar-refractivity contribution < 1.29 is 9.59 Å². The van der Waals surface area contributed by atoms with Crippen LogP contribution in [0.4, 0.5) is 0 Å². The number of hydrogen-bond acceptors (Lipinski definition) is 4. The number of halogens is 1. The minimum atomic E-state index is -0.629. The molecular formula is C28H27ClN4O4. The molecule has 4 rings (SSSR count). The van der Waals surface area contributed by atoms with Crippen molar-refractivity contribution in [1.82, 2.24) is 19.8 Å². The summed E-state index contributed by atoms with van der Waals surface area (Å²) >= 11 is 5.91. The molecular weight excluding hydrogens is 492 g/mol. The van der Waals surface area contributed by atoms with Gasteiger partial charge in [0.15, 0.2) is 0 Å². The average molecular weight is 519 g/mol. The Morgan fingerprint density at radius 3 is 2.19 bits per heavy atom. The van der Waals surface area contributed by atoms with Crippen LogP contribution in [0.1, 0.15) is 25.0 Å². The van der Waals surface area contributed by atoms with Crippen LogP contribution in [0, 0.1) is 0 Å². The van der Waals surface area contributed by atoms with Crippen molar-refractivity contribution in [3.8, 4) is 5.69 Å². The number of aromatic nitrogens is 2.